The van der Waals surface area contributed by atoms with Crippen molar-refractivity contribution in [2.24, 2.45) is 0 Å². The zero-order chi connectivity index (χ0) is 19.1. The van der Waals surface area contributed by atoms with E-state index in [0.29, 0.717) is 11.4 Å². The lowest BCUT2D eigenvalue weighted by Crippen LogP contribution is -2.31. The maximum Gasteiger partial charge on any atom is 0.261 e. The SMILES string of the molecule is Cc1ccc(S(=O)(=O)Nc2ccc(N(C3CC3)S(C)(=O)=O)cc2)cc1C. The maximum atomic E-state index is 12.5. The number of hydrogen-bond donors (Lipinski definition) is 1. The molecule has 0 atom stereocenters. The van der Waals surface area contributed by atoms with E-state index in [-0.39, 0.29) is 10.9 Å². The molecule has 0 saturated heterocycles. The van der Waals surface area contributed by atoms with Gasteiger partial charge in [0, 0.05) is 11.7 Å². The van der Waals surface area contributed by atoms with Gasteiger partial charge in [-0.25, -0.2) is 16.8 Å². The molecule has 2 aromatic carbocycles. The highest BCUT2D eigenvalue weighted by Crippen LogP contribution is 2.34. The molecule has 8 heteroatoms. The van der Waals surface area contributed by atoms with Crippen LogP contribution in [0.5, 0.6) is 0 Å². The van der Waals surface area contributed by atoms with Crippen LogP contribution in [0.4, 0.5) is 11.4 Å². The average Bonchev–Trinajstić information content (AvgIpc) is 3.35. The zero-order valence-electron chi connectivity index (χ0n) is 14.9. The predicted molar refractivity (Wildman–Crippen MR) is 104 cm³/mol. The first-order valence-electron chi connectivity index (χ1n) is 8.27. The number of nitrogens with one attached hydrogen (secondary N) is 1. The number of aryl methyl sites for hydroxylation is 2. The standard InChI is InChI=1S/C18H22N2O4S2/c1-13-4-11-18(12-14(13)2)26(23,24)19-15-5-7-16(8-6-15)20(17-9-10-17)25(3,21)22/h4-8,11-12,17,19H,9-10H2,1-3H3. The van der Waals surface area contributed by atoms with Crippen molar-refractivity contribution in [2.75, 3.05) is 15.3 Å². The lowest BCUT2D eigenvalue weighted by Gasteiger charge is -2.22. The third-order valence-electron chi connectivity index (χ3n) is 4.40. The molecule has 1 aliphatic rings. The quantitative estimate of drug-likeness (QED) is 0.816. The van der Waals surface area contributed by atoms with Gasteiger partial charge in [0.2, 0.25) is 10.0 Å². The molecule has 0 aromatic heterocycles. The normalized spacial score (nSPS) is 14.9. The van der Waals surface area contributed by atoms with Crippen molar-refractivity contribution in [1.82, 2.24) is 0 Å². The van der Waals surface area contributed by atoms with Crippen molar-refractivity contribution in [3.8, 4) is 0 Å². The summed E-state index contributed by atoms with van der Waals surface area (Å²) in [6.45, 7) is 3.78. The topological polar surface area (TPSA) is 83.6 Å². The zero-order valence-corrected chi connectivity index (χ0v) is 16.6. The first kappa shape index (κ1) is 18.7. The fourth-order valence-electron chi connectivity index (χ4n) is 2.75. The summed E-state index contributed by atoms with van der Waals surface area (Å²) < 4.78 is 53.0. The molecule has 1 fully saturated rings. The molecule has 0 amide bonds. The van der Waals surface area contributed by atoms with Gasteiger partial charge in [-0.1, -0.05) is 6.07 Å². The maximum absolute atomic E-state index is 12.5. The fourth-order valence-corrected chi connectivity index (χ4v) is 5.15. The van der Waals surface area contributed by atoms with Crippen LogP contribution < -0.4 is 9.03 Å². The van der Waals surface area contributed by atoms with Crippen molar-refractivity contribution in [2.45, 2.75) is 37.6 Å². The Morgan fingerprint density at radius 1 is 0.923 bits per heavy atom. The van der Waals surface area contributed by atoms with Crippen molar-refractivity contribution in [1.29, 1.82) is 0 Å². The molecule has 6 nitrogen and oxygen atoms in total. The van der Waals surface area contributed by atoms with Gasteiger partial charge in [0.25, 0.3) is 10.0 Å². The Morgan fingerprint density at radius 3 is 2.04 bits per heavy atom. The first-order valence-corrected chi connectivity index (χ1v) is 11.6. The molecule has 0 unspecified atom stereocenters. The molecule has 0 aliphatic heterocycles. The Hall–Kier alpha value is -2.06. The second kappa shape index (κ2) is 6.59. The number of anilines is 2. The number of sulfonamides is 2. The molecule has 1 N–H and O–H groups in total. The van der Waals surface area contributed by atoms with E-state index in [1.165, 1.54) is 10.6 Å². The molecule has 1 saturated carbocycles. The summed E-state index contributed by atoms with van der Waals surface area (Å²) in [6, 6.07) is 11.4. The molecule has 26 heavy (non-hydrogen) atoms. The number of nitrogens with zero attached hydrogens (tertiary/aromatic N) is 1. The summed E-state index contributed by atoms with van der Waals surface area (Å²) in [5, 5.41) is 0. The van der Waals surface area contributed by atoms with Gasteiger partial charge in [0.15, 0.2) is 0 Å². The van der Waals surface area contributed by atoms with Crippen LogP contribution in [0.2, 0.25) is 0 Å². The van der Waals surface area contributed by atoms with Crippen molar-refractivity contribution in [3.63, 3.8) is 0 Å². The molecule has 0 spiro atoms. The van der Waals surface area contributed by atoms with Crippen LogP contribution in [-0.2, 0) is 20.0 Å². The van der Waals surface area contributed by atoms with Gasteiger partial charge >= 0.3 is 0 Å². The molecule has 0 bridgehead atoms. The third-order valence-corrected chi connectivity index (χ3v) is 7.00. The van der Waals surface area contributed by atoms with Crippen molar-refractivity contribution < 1.29 is 16.8 Å². The molecule has 140 valence electrons. The summed E-state index contributed by atoms with van der Waals surface area (Å²) >= 11 is 0. The highest BCUT2D eigenvalue weighted by molar-refractivity contribution is 7.92. The van der Waals surface area contributed by atoms with E-state index in [1.807, 2.05) is 13.8 Å². The molecule has 1 aliphatic carbocycles. The molecule has 2 aromatic rings. The van der Waals surface area contributed by atoms with Crippen LogP contribution in [-0.4, -0.2) is 29.1 Å². The van der Waals surface area contributed by atoms with Gasteiger partial charge in [-0.15, -0.1) is 0 Å². The number of hydrogen-bond acceptors (Lipinski definition) is 4. The van der Waals surface area contributed by atoms with Gasteiger partial charge < -0.3 is 0 Å². The largest absolute Gasteiger partial charge is 0.280 e. The summed E-state index contributed by atoms with van der Waals surface area (Å²) in [5.74, 6) is 0. The smallest absolute Gasteiger partial charge is 0.261 e. The average molecular weight is 395 g/mol. The van der Waals surface area contributed by atoms with E-state index in [4.69, 9.17) is 0 Å². The fraction of sp³-hybridized carbons (Fsp3) is 0.333. The van der Waals surface area contributed by atoms with Crippen LogP contribution >= 0.6 is 0 Å². The van der Waals surface area contributed by atoms with E-state index in [0.717, 1.165) is 24.0 Å². The first-order chi connectivity index (χ1) is 12.1. The van der Waals surface area contributed by atoms with Gasteiger partial charge in [0.05, 0.1) is 16.8 Å². The summed E-state index contributed by atoms with van der Waals surface area (Å²) in [5.41, 5.74) is 2.85. The minimum Gasteiger partial charge on any atom is -0.280 e. The number of rotatable bonds is 6. The van der Waals surface area contributed by atoms with Crippen LogP contribution in [0.3, 0.4) is 0 Å². The highest BCUT2D eigenvalue weighted by atomic mass is 32.2. The van der Waals surface area contributed by atoms with Gasteiger partial charge in [-0.3, -0.25) is 9.03 Å². The Bertz CT molecular complexity index is 1030. The molecule has 0 heterocycles. The van der Waals surface area contributed by atoms with Gasteiger partial charge in [-0.2, -0.15) is 0 Å². The minimum atomic E-state index is -3.70. The van der Waals surface area contributed by atoms with Crippen molar-refractivity contribution >= 4 is 31.4 Å². The van der Waals surface area contributed by atoms with Crippen LogP contribution in [0, 0.1) is 13.8 Å². The Kier molecular flexibility index (Phi) is 4.74. The minimum absolute atomic E-state index is 0.00285. The molecular weight excluding hydrogens is 372 g/mol. The van der Waals surface area contributed by atoms with E-state index >= 15 is 0 Å². The molecule has 0 radical (unpaired) electrons. The second-order valence-corrected chi connectivity index (χ2v) is 10.2. The Balaban J connectivity index is 1.83. The Morgan fingerprint density at radius 2 is 1.54 bits per heavy atom. The van der Waals surface area contributed by atoms with Gasteiger partial charge in [-0.05, 0) is 74.2 Å². The highest BCUT2D eigenvalue weighted by Gasteiger charge is 2.35. The van der Waals surface area contributed by atoms with E-state index in [9.17, 15) is 16.8 Å². The van der Waals surface area contributed by atoms with E-state index in [2.05, 4.69) is 4.72 Å². The second-order valence-electron chi connectivity index (χ2n) is 6.69. The summed E-state index contributed by atoms with van der Waals surface area (Å²) in [4.78, 5) is 0.195. The monoisotopic (exact) mass is 394 g/mol. The molecular formula is C18H22N2O4S2. The van der Waals surface area contributed by atoms with Gasteiger partial charge in [0.1, 0.15) is 0 Å². The van der Waals surface area contributed by atoms with E-state index < -0.39 is 20.0 Å². The third kappa shape index (κ3) is 4.02. The molecule has 3 rings (SSSR count). The van der Waals surface area contributed by atoms with Crippen LogP contribution in [0.1, 0.15) is 24.0 Å². The Labute approximate surface area is 155 Å². The lowest BCUT2D eigenvalue weighted by atomic mass is 10.1. The van der Waals surface area contributed by atoms with Crippen molar-refractivity contribution in [3.05, 3.63) is 53.6 Å². The summed E-state index contributed by atoms with van der Waals surface area (Å²) in [7, 11) is -7.06. The predicted octanol–water partition coefficient (Wildman–Crippen LogP) is 3.03. The van der Waals surface area contributed by atoms with Crippen LogP contribution in [0.25, 0.3) is 0 Å². The lowest BCUT2D eigenvalue weighted by molar-refractivity contribution is 0.595. The summed E-state index contributed by atoms with van der Waals surface area (Å²) in [6.07, 6.45) is 2.87. The van der Waals surface area contributed by atoms with Crippen LogP contribution in [0.15, 0.2) is 47.4 Å². The van der Waals surface area contributed by atoms with E-state index in [1.54, 1.807) is 42.5 Å². The number of benzene rings is 2.